The van der Waals surface area contributed by atoms with Crippen molar-refractivity contribution in [2.24, 2.45) is 0 Å². The summed E-state index contributed by atoms with van der Waals surface area (Å²) >= 11 is 0. The van der Waals surface area contributed by atoms with E-state index in [9.17, 15) is 19.6 Å². The van der Waals surface area contributed by atoms with Crippen molar-refractivity contribution in [1.29, 1.82) is 0 Å². The molecule has 0 heterocycles. The molecule has 0 aromatic heterocycles. The number of rotatable bonds is 6. The molecule has 0 aliphatic rings. The maximum absolute atomic E-state index is 9.18. The smallest absolute Gasteiger partial charge is 0.165 e. The third-order valence-electron chi connectivity index (χ3n) is 0.909. The Morgan fingerprint density at radius 3 is 1.20 bits per heavy atom. The van der Waals surface area contributed by atoms with E-state index in [1.54, 1.807) is 27.7 Å². The van der Waals surface area contributed by atoms with Crippen molar-refractivity contribution < 1.29 is 32.9 Å². The van der Waals surface area contributed by atoms with Crippen LogP contribution >= 0.6 is 16.3 Å². The Bertz CT molecular complexity index is 174. The van der Waals surface area contributed by atoms with E-state index in [-0.39, 0.29) is 0 Å². The van der Waals surface area contributed by atoms with E-state index in [2.05, 4.69) is 13.4 Å². The molecule has 0 aromatic carbocycles. The van der Waals surface area contributed by atoms with E-state index in [1.807, 2.05) is 0 Å². The fourth-order valence-corrected chi connectivity index (χ4v) is 3.24. The summed E-state index contributed by atoms with van der Waals surface area (Å²) in [6.07, 6.45) is -1.04. The second-order valence-electron chi connectivity index (χ2n) is 3.37. The van der Waals surface area contributed by atoms with Crippen molar-refractivity contribution in [3.8, 4) is 0 Å². The first-order valence-electron chi connectivity index (χ1n) is 4.31. The molecule has 0 fully saturated rings. The maximum atomic E-state index is 9.18. The van der Waals surface area contributed by atoms with Crippen LogP contribution in [0.3, 0.4) is 0 Å². The van der Waals surface area contributed by atoms with E-state index in [0.29, 0.717) is 0 Å². The number of hydrogen-bond donors (Lipinski definition) is 4. The molecule has 0 saturated heterocycles. The highest BCUT2D eigenvalue weighted by atomic mass is 31.3. The summed E-state index contributed by atoms with van der Waals surface area (Å²) < 4.78 is 13.4. The van der Waals surface area contributed by atoms with Crippen LogP contribution in [0.4, 0.5) is 0 Å². The average molecular weight is 264 g/mol. The first-order chi connectivity index (χ1) is 6.54. The minimum atomic E-state index is -4.25. The van der Waals surface area contributed by atoms with Gasteiger partial charge in [-0.2, -0.15) is 19.6 Å². The van der Waals surface area contributed by atoms with Crippen LogP contribution in [-0.4, -0.2) is 31.8 Å². The van der Waals surface area contributed by atoms with Crippen LogP contribution in [0.15, 0.2) is 0 Å². The topological polar surface area (TPSA) is 109 Å². The zero-order valence-corrected chi connectivity index (χ0v) is 10.9. The normalized spacial score (nSPS) is 14.0. The van der Waals surface area contributed by atoms with Crippen LogP contribution in [0, 0.1) is 0 Å². The lowest BCUT2D eigenvalue weighted by Crippen LogP contribution is -2.12. The third-order valence-corrected chi connectivity index (χ3v) is 4.00. The van der Waals surface area contributed by atoms with Gasteiger partial charge in [-0.3, -0.25) is 0 Å². The second kappa shape index (κ2) is 5.77. The lowest BCUT2D eigenvalue weighted by molar-refractivity contribution is 0.0819. The summed E-state index contributed by atoms with van der Waals surface area (Å²) in [4.78, 5) is 36.7. The molecule has 0 aliphatic heterocycles. The van der Waals surface area contributed by atoms with Gasteiger partial charge in [0.25, 0.3) is 0 Å². The fraction of sp³-hybridized carbons (Fsp3) is 1.00. The van der Waals surface area contributed by atoms with Crippen molar-refractivity contribution in [3.05, 3.63) is 0 Å². The average Bonchev–Trinajstić information content (AvgIpc) is 1.73. The van der Waals surface area contributed by atoms with Crippen LogP contribution in [-0.2, 0) is 13.4 Å². The summed E-state index contributed by atoms with van der Waals surface area (Å²) in [6.45, 7) is 6.18. The van der Waals surface area contributed by atoms with Gasteiger partial charge in [-0.05, 0) is 27.7 Å². The molecule has 0 saturated carbocycles. The minimum Gasteiger partial charge on any atom is -0.165 e. The fourth-order valence-electron chi connectivity index (χ4n) is 0.726. The summed E-state index contributed by atoms with van der Waals surface area (Å²) in [5.74, 6) is 0. The molecule has 0 aliphatic carbocycles. The molecule has 0 radical (unpaired) electrons. The standard InChI is InChI=1S/C6H18O7P2/c1-5(2)11-14(7,8)13-15(9,10)12-6(3)4/h5-10H,1-4H3/q+2. The van der Waals surface area contributed by atoms with Crippen LogP contribution in [0.2, 0.25) is 0 Å². The Morgan fingerprint density at radius 1 is 0.733 bits per heavy atom. The van der Waals surface area contributed by atoms with Crippen molar-refractivity contribution in [2.45, 2.75) is 39.9 Å². The summed E-state index contributed by atoms with van der Waals surface area (Å²) in [7, 11) is -8.50. The van der Waals surface area contributed by atoms with Gasteiger partial charge in [-0.1, -0.05) is 0 Å². The zero-order valence-electron chi connectivity index (χ0n) is 9.06. The quantitative estimate of drug-likeness (QED) is 0.533. The van der Waals surface area contributed by atoms with Gasteiger partial charge in [-0.25, -0.2) is 0 Å². The molecule has 0 spiro atoms. The van der Waals surface area contributed by atoms with Gasteiger partial charge in [-0.15, -0.1) is 9.05 Å². The van der Waals surface area contributed by atoms with Crippen LogP contribution in [0.1, 0.15) is 27.7 Å². The van der Waals surface area contributed by atoms with E-state index in [4.69, 9.17) is 0 Å². The Balaban J connectivity index is 4.29. The van der Waals surface area contributed by atoms with Gasteiger partial charge in [0.1, 0.15) is 12.2 Å². The van der Waals surface area contributed by atoms with Gasteiger partial charge < -0.3 is 0 Å². The third kappa shape index (κ3) is 8.39. The first kappa shape index (κ1) is 15.6. The van der Waals surface area contributed by atoms with Crippen LogP contribution in [0.5, 0.6) is 0 Å². The zero-order chi connectivity index (χ0) is 12.3. The van der Waals surface area contributed by atoms with E-state index < -0.39 is 28.5 Å². The highest BCUT2D eigenvalue weighted by Gasteiger charge is 2.61. The Kier molecular flexibility index (Phi) is 6.00. The van der Waals surface area contributed by atoms with Gasteiger partial charge in [0.15, 0.2) is 0 Å². The Hall–Kier alpha value is 0.580. The largest absolute Gasteiger partial charge is 0.620 e. The molecule has 0 aromatic rings. The van der Waals surface area contributed by atoms with Gasteiger partial charge in [0.05, 0.1) is 4.31 Å². The summed E-state index contributed by atoms with van der Waals surface area (Å²) in [5.41, 5.74) is 0. The molecule has 0 bridgehead atoms. The van der Waals surface area contributed by atoms with Gasteiger partial charge in [0.2, 0.25) is 0 Å². The van der Waals surface area contributed by atoms with Crippen molar-refractivity contribution in [2.75, 3.05) is 0 Å². The first-order valence-corrected chi connectivity index (χ1v) is 7.37. The maximum Gasteiger partial charge on any atom is 0.620 e. The minimum absolute atomic E-state index is 0.521. The molecular weight excluding hydrogens is 246 g/mol. The molecule has 7 nitrogen and oxygen atoms in total. The molecule has 92 valence electrons. The van der Waals surface area contributed by atoms with Crippen LogP contribution in [0.25, 0.3) is 0 Å². The van der Waals surface area contributed by atoms with Gasteiger partial charge >= 0.3 is 16.3 Å². The second-order valence-corrected chi connectivity index (χ2v) is 6.41. The van der Waals surface area contributed by atoms with Crippen molar-refractivity contribution in [3.63, 3.8) is 0 Å². The molecule has 0 amide bonds. The van der Waals surface area contributed by atoms with E-state index in [1.165, 1.54) is 0 Å². The molecule has 9 heteroatoms. The van der Waals surface area contributed by atoms with Crippen molar-refractivity contribution in [1.82, 2.24) is 0 Å². The van der Waals surface area contributed by atoms with E-state index in [0.717, 1.165) is 0 Å². The molecule has 0 rings (SSSR count). The molecule has 15 heavy (non-hydrogen) atoms. The lowest BCUT2D eigenvalue weighted by Gasteiger charge is -2.13. The SMILES string of the molecule is CC(C)O[P+](O)(O)O[P+](O)(O)OC(C)C. The molecule has 4 N–H and O–H groups in total. The van der Waals surface area contributed by atoms with Crippen molar-refractivity contribution >= 4 is 16.3 Å². The number of hydrogen-bond acceptors (Lipinski definition) is 7. The monoisotopic (exact) mass is 264 g/mol. The molecular formula is C6H18O7P2+2. The predicted octanol–water partition coefficient (Wildman–Crippen LogP) is 1.18. The summed E-state index contributed by atoms with van der Waals surface area (Å²) in [6, 6.07) is 0. The Labute approximate surface area is 89.9 Å². The van der Waals surface area contributed by atoms with Gasteiger partial charge in [0, 0.05) is 0 Å². The highest BCUT2D eigenvalue weighted by Crippen LogP contribution is 2.70. The molecule has 0 unspecified atom stereocenters. The van der Waals surface area contributed by atoms with Crippen LogP contribution < -0.4 is 0 Å². The summed E-state index contributed by atoms with van der Waals surface area (Å²) in [5, 5.41) is 0. The van der Waals surface area contributed by atoms with E-state index >= 15 is 0 Å². The molecule has 0 atom stereocenters. The predicted molar refractivity (Wildman–Crippen MR) is 56.2 cm³/mol. The highest BCUT2D eigenvalue weighted by molar-refractivity contribution is 7.68. The lowest BCUT2D eigenvalue weighted by atomic mass is 10.5. The Morgan fingerprint density at radius 2 is 1.00 bits per heavy atom.